The Balaban J connectivity index is 0.0000154. The van der Waals surface area contributed by atoms with E-state index in [0.29, 0.717) is 0 Å². The van der Waals surface area contributed by atoms with E-state index in [1.54, 1.807) is 0 Å². The highest BCUT2D eigenvalue weighted by Gasteiger charge is 2.16. The van der Waals surface area contributed by atoms with Gasteiger partial charge in [0.25, 0.3) is 0 Å². The fraction of sp³-hybridized carbons (Fsp3) is 0.684. The van der Waals surface area contributed by atoms with Crippen LogP contribution in [0.5, 0.6) is 0 Å². The highest BCUT2D eigenvalue weighted by atomic mass is 35.5. The van der Waals surface area contributed by atoms with Gasteiger partial charge in [-0.05, 0) is 201 Å². The standard InChI is InChI=1S/C57H101N9.ClH/c1-4-7-10-16-32-58-35-20-38-61-41-23-44-64-48-51-26-19-29-53(47-51)55-31-30-54(52-27-14-13-15-28-52)56(49-65-45-24-42-62-39-21-36-59-33-17-11-8-5-2)57(55)50-66-46-25-43-63-40-22-37-60-34-18-12-9-6-3;/h13-15,19,26-31,47,58-66H,4-12,16-18,20-25,32-46,48-50H2,1-3H3;1H. The Morgan fingerprint density at radius 1 is 0.284 bits per heavy atom. The fourth-order valence-electron chi connectivity index (χ4n) is 8.57. The van der Waals surface area contributed by atoms with E-state index in [0.717, 1.165) is 137 Å². The van der Waals surface area contributed by atoms with Crippen LogP contribution in [0.4, 0.5) is 0 Å². The molecule has 0 aliphatic rings. The molecule has 9 N–H and O–H groups in total. The molecule has 0 spiro atoms. The largest absolute Gasteiger partial charge is 0.317 e. The molecule has 3 aromatic carbocycles. The summed E-state index contributed by atoms with van der Waals surface area (Å²) in [4.78, 5) is 0. The molecule has 0 amide bonds. The zero-order valence-electron chi connectivity index (χ0n) is 43.2. The number of hydrogen-bond acceptors (Lipinski definition) is 9. The fourth-order valence-corrected chi connectivity index (χ4v) is 8.57. The van der Waals surface area contributed by atoms with Crippen LogP contribution in [0.15, 0.2) is 66.7 Å². The summed E-state index contributed by atoms with van der Waals surface area (Å²) in [6.07, 6.45) is 22.9. The summed E-state index contributed by atoms with van der Waals surface area (Å²) in [5.74, 6) is 0. The Morgan fingerprint density at radius 3 is 1.00 bits per heavy atom. The highest BCUT2D eigenvalue weighted by Crippen LogP contribution is 2.34. The molecule has 0 aromatic heterocycles. The Morgan fingerprint density at radius 2 is 0.612 bits per heavy atom. The van der Waals surface area contributed by atoms with Crippen molar-refractivity contribution in [1.29, 1.82) is 0 Å². The molecule has 382 valence electrons. The molecule has 0 aliphatic carbocycles. The first-order valence-corrected chi connectivity index (χ1v) is 27.4. The third-order valence-corrected chi connectivity index (χ3v) is 12.6. The first kappa shape index (κ1) is 60.7. The van der Waals surface area contributed by atoms with Crippen molar-refractivity contribution >= 4 is 12.4 Å². The minimum Gasteiger partial charge on any atom is -0.317 e. The van der Waals surface area contributed by atoms with Gasteiger partial charge < -0.3 is 47.9 Å². The highest BCUT2D eigenvalue weighted by molar-refractivity contribution is 5.85. The molecule has 3 aromatic rings. The predicted molar refractivity (Wildman–Crippen MR) is 297 cm³/mol. The topological polar surface area (TPSA) is 108 Å². The van der Waals surface area contributed by atoms with E-state index in [2.05, 4.69) is 135 Å². The molecule has 67 heavy (non-hydrogen) atoms. The van der Waals surface area contributed by atoms with Crippen LogP contribution in [0.25, 0.3) is 22.3 Å². The molecule has 3 rings (SSSR count). The number of nitrogens with one attached hydrogen (secondary N) is 9. The van der Waals surface area contributed by atoms with Crippen molar-refractivity contribution in [1.82, 2.24) is 47.9 Å². The van der Waals surface area contributed by atoms with E-state index in [9.17, 15) is 0 Å². The number of rotatable bonds is 47. The van der Waals surface area contributed by atoms with Gasteiger partial charge in [-0.15, -0.1) is 12.4 Å². The van der Waals surface area contributed by atoms with Crippen LogP contribution in [-0.4, -0.2) is 98.2 Å². The van der Waals surface area contributed by atoms with Crippen molar-refractivity contribution in [2.24, 2.45) is 0 Å². The normalized spacial score (nSPS) is 11.4. The monoisotopic (exact) mass is 948 g/mol. The van der Waals surface area contributed by atoms with Crippen LogP contribution in [0.1, 0.15) is 153 Å². The summed E-state index contributed by atoms with van der Waals surface area (Å²) in [7, 11) is 0. The maximum atomic E-state index is 3.90. The third-order valence-electron chi connectivity index (χ3n) is 12.6. The molecule has 0 bridgehead atoms. The van der Waals surface area contributed by atoms with Crippen molar-refractivity contribution in [3.05, 3.63) is 83.4 Å². The summed E-state index contributed by atoms with van der Waals surface area (Å²) < 4.78 is 0. The van der Waals surface area contributed by atoms with Gasteiger partial charge in [0.05, 0.1) is 0 Å². The lowest BCUT2D eigenvalue weighted by Gasteiger charge is -2.21. The summed E-state index contributed by atoms with van der Waals surface area (Å²) in [6.45, 7) is 25.6. The maximum Gasteiger partial charge on any atom is 0.0215 e. The van der Waals surface area contributed by atoms with Crippen LogP contribution in [0, 0.1) is 0 Å². The first-order valence-electron chi connectivity index (χ1n) is 27.4. The zero-order valence-corrected chi connectivity index (χ0v) is 44.0. The van der Waals surface area contributed by atoms with Crippen molar-refractivity contribution < 1.29 is 0 Å². The molecule has 0 heterocycles. The lowest BCUT2D eigenvalue weighted by atomic mass is 9.88. The minimum atomic E-state index is 0. The van der Waals surface area contributed by atoms with Gasteiger partial charge in [0, 0.05) is 19.6 Å². The van der Waals surface area contributed by atoms with Gasteiger partial charge in [0.2, 0.25) is 0 Å². The zero-order chi connectivity index (χ0) is 46.6. The second-order valence-electron chi connectivity index (χ2n) is 18.5. The average Bonchev–Trinajstić information content (AvgIpc) is 3.34. The molecule has 9 nitrogen and oxygen atoms in total. The maximum absolute atomic E-state index is 3.90. The van der Waals surface area contributed by atoms with E-state index in [4.69, 9.17) is 0 Å². The van der Waals surface area contributed by atoms with E-state index in [-0.39, 0.29) is 12.4 Å². The van der Waals surface area contributed by atoms with Crippen LogP contribution in [0.3, 0.4) is 0 Å². The molecular weight excluding hydrogens is 846 g/mol. The summed E-state index contributed by atoms with van der Waals surface area (Å²) >= 11 is 0. The van der Waals surface area contributed by atoms with Gasteiger partial charge in [-0.25, -0.2) is 0 Å². The summed E-state index contributed by atoms with van der Waals surface area (Å²) in [6, 6.07) is 25.0. The molecular formula is C57H102ClN9. The van der Waals surface area contributed by atoms with Gasteiger partial charge in [-0.3, -0.25) is 0 Å². The van der Waals surface area contributed by atoms with E-state index in [1.165, 1.54) is 135 Å². The Kier molecular flexibility index (Phi) is 40.6. The number of hydrogen-bond donors (Lipinski definition) is 9. The molecule has 0 unspecified atom stereocenters. The Labute approximate surface area is 418 Å². The van der Waals surface area contributed by atoms with Gasteiger partial charge >= 0.3 is 0 Å². The van der Waals surface area contributed by atoms with Crippen molar-refractivity contribution in [3.63, 3.8) is 0 Å². The smallest absolute Gasteiger partial charge is 0.0215 e. The van der Waals surface area contributed by atoms with Crippen LogP contribution in [-0.2, 0) is 19.6 Å². The lowest BCUT2D eigenvalue weighted by molar-refractivity contribution is 0.548. The second-order valence-corrected chi connectivity index (χ2v) is 18.5. The van der Waals surface area contributed by atoms with Gasteiger partial charge in [-0.2, -0.15) is 0 Å². The van der Waals surface area contributed by atoms with Crippen LogP contribution >= 0.6 is 12.4 Å². The lowest BCUT2D eigenvalue weighted by Crippen LogP contribution is -2.27. The summed E-state index contributed by atoms with van der Waals surface area (Å²) in [5, 5.41) is 33.4. The van der Waals surface area contributed by atoms with Gasteiger partial charge in [-0.1, -0.05) is 139 Å². The SMILES string of the molecule is CCCCCCNCCCNCCCNCc1cccc(-c2ccc(-c3ccccc3)c(CNCCCNCCCNCCCCCC)c2CNCCCNCCCNCCCCCC)c1.Cl. The third kappa shape index (κ3) is 30.7. The molecule has 0 atom stereocenters. The molecule has 0 saturated carbocycles. The Hall–Kier alpha value is -2.41. The van der Waals surface area contributed by atoms with Crippen LogP contribution in [0.2, 0.25) is 0 Å². The molecule has 0 fully saturated rings. The Bertz CT molecular complexity index is 1530. The molecule has 10 heteroatoms. The van der Waals surface area contributed by atoms with Crippen molar-refractivity contribution in [3.8, 4) is 22.3 Å². The molecule has 0 aliphatic heterocycles. The second kappa shape index (κ2) is 44.8. The predicted octanol–water partition coefficient (Wildman–Crippen LogP) is 10.3. The molecule has 0 saturated heterocycles. The van der Waals surface area contributed by atoms with Crippen LogP contribution < -0.4 is 47.9 Å². The number of halogens is 1. The first-order chi connectivity index (χ1) is 32.8. The molecule has 0 radical (unpaired) electrons. The number of benzene rings is 3. The van der Waals surface area contributed by atoms with Crippen molar-refractivity contribution in [2.45, 2.75) is 156 Å². The van der Waals surface area contributed by atoms with Gasteiger partial charge in [0.1, 0.15) is 0 Å². The quantitative estimate of drug-likeness (QED) is 0.0256. The van der Waals surface area contributed by atoms with E-state index in [1.807, 2.05) is 0 Å². The summed E-state index contributed by atoms with van der Waals surface area (Å²) in [5.41, 5.74) is 9.39. The minimum absolute atomic E-state index is 0. The average molecular weight is 949 g/mol. The van der Waals surface area contributed by atoms with Gasteiger partial charge in [0.15, 0.2) is 0 Å². The van der Waals surface area contributed by atoms with Crippen molar-refractivity contribution in [2.75, 3.05) is 98.2 Å². The number of unbranched alkanes of at least 4 members (excludes halogenated alkanes) is 9. The van der Waals surface area contributed by atoms with E-state index >= 15 is 0 Å². The van der Waals surface area contributed by atoms with E-state index < -0.39 is 0 Å².